The minimum absolute atomic E-state index is 0.213. The van der Waals surface area contributed by atoms with Crippen molar-refractivity contribution in [2.75, 3.05) is 5.32 Å². The van der Waals surface area contributed by atoms with E-state index in [1.54, 1.807) is 0 Å². The van der Waals surface area contributed by atoms with Gasteiger partial charge in [-0.2, -0.15) is 5.10 Å². The second-order valence-corrected chi connectivity index (χ2v) is 4.48. The summed E-state index contributed by atoms with van der Waals surface area (Å²) in [5, 5.41) is 10.9. The van der Waals surface area contributed by atoms with Gasteiger partial charge in [-0.05, 0) is 18.6 Å². The first kappa shape index (κ1) is 11.6. The number of amides is 1. The second-order valence-electron chi connectivity index (χ2n) is 4.48. The molecule has 0 bridgehead atoms. The summed E-state index contributed by atoms with van der Waals surface area (Å²) in [6, 6.07) is 7.66. The van der Waals surface area contributed by atoms with E-state index in [-0.39, 0.29) is 5.91 Å². The van der Waals surface area contributed by atoms with E-state index in [0.717, 1.165) is 29.0 Å². The maximum Gasteiger partial charge on any atom is 0.276 e. The van der Waals surface area contributed by atoms with Gasteiger partial charge in [0.15, 0.2) is 5.71 Å². The molecule has 0 atom stereocenters. The van der Waals surface area contributed by atoms with Crippen LogP contribution < -0.4 is 5.32 Å². The van der Waals surface area contributed by atoms with Gasteiger partial charge in [0.25, 0.3) is 5.91 Å². The van der Waals surface area contributed by atoms with Gasteiger partial charge in [-0.25, -0.2) is 0 Å². The van der Waals surface area contributed by atoms with Gasteiger partial charge in [-0.3, -0.25) is 4.79 Å². The van der Waals surface area contributed by atoms with Crippen molar-refractivity contribution in [2.45, 2.75) is 13.3 Å². The van der Waals surface area contributed by atoms with Crippen LogP contribution in [0.4, 0.5) is 5.69 Å². The highest BCUT2D eigenvalue weighted by Gasteiger charge is 2.26. The van der Waals surface area contributed by atoms with Gasteiger partial charge in [-0.1, -0.05) is 36.4 Å². The third-order valence-corrected chi connectivity index (χ3v) is 3.16. The molecule has 1 aliphatic carbocycles. The van der Waals surface area contributed by atoms with Gasteiger partial charge in [0.05, 0.1) is 5.71 Å². The van der Waals surface area contributed by atoms with Gasteiger partial charge in [0, 0.05) is 17.7 Å². The molecule has 0 unspecified atom stereocenters. The molecule has 0 spiro atoms. The van der Waals surface area contributed by atoms with E-state index in [9.17, 15) is 4.79 Å². The van der Waals surface area contributed by atoms with E-state index >= 15 is 0 Å². The van der Waals surface area contributed by atoms with Crippen molar-refractivity contribution in [1.29, 1.82) is 0 Å². The molecule has 1 aromatic carbocycles. The standard InChI is InChI=1S/C15H13N3O/c1-10-6-2-4-8-12(10)16-15(19)14-11-7-3-5-9-13(11)17-18-14/h2-8H,9H2,1H3,(H,16,19). The third-order valence-electron chi connectivity index (χ3n) is 3.16. The lowest BCUT2D eigenvalue weighted by atomic mass is 9.98. The van der Waals surface area contributed by atoms with Crippen LogP contribution in [-0.4, -0.2) is 17.3 Å². The molecule has 19 heavy (non-hydrogen) atoms. The van der Waals surface area contributed by atoms with Crippen molar-refractivity contribution >= 4 is 23.0 Å². The van der Waals surface area contributed by atoms with Gasteiger partial charge < -0.3 is 5.32 Å². The maximum atomic E-state index is 12.2. The Kier molecular flexibility index (Phi) is 2.83. The summed E-state index contributed by atoms with van der Waals surface area (Å²) in [7, 11) is 0. The van der Waals surface area contributed by atoms with E-state index < -0.39 is 0 Å². The minimum atomic E-state index is -0.213. The number of para-hydroxylation sites is 1. The minimum Gasteiger partial charge on any atom is -0.320 e. The number of nitrogens with one attached hydrogen (secondary N) is 1. The van der Waals surface area contributed by atoms with Crippen LogP contribution in [0.2, 0.25) is 0 Å². The SMILES string of the molecule is Cc1ccccc1NC(=O)C1=NN=C2CC=CC=C21. The zero-order valence-electron chi connectivity index (χ0n) is 10.6. The number of hydrogen-bond acceptors (Lipinski definition) is 3. The van der Waals surface area contributed by atoms with Crippen LogP contribution in [0.1, 0.15) is 12.0 Å². The Labute approximate surface area is 111 Å². The molecule has 0 radical (unpaired) electrons. The van der Waals surface area contributed by atoms with Crippen LogP contribution in [-0.2, 0) is 4.79 Å². The van der Waals surface area contributed by atoms with E-state index in [1.807, 2.05) is 49.4 Å². The molecule has 0 aromatic heterocycles. The van der Waals surface area contributed by atoms with E-state index in [1.165, 1.54) is 0 Å². The second kappa shape index (κ2) is 4.65. The number of benzene rings is 1. The molecule has 0 fully saturated rings. The Hall–Kier alpha value is -2.49. The van der Waals surface area contributed by atoms with Crippen molar-refractivity contribution < 1.29 is 4.79 Å². The van der Waals surface area contributed by atoms with Gasteiger partial charge in [0.1, 0.15) is 0 Å². The lowest BCUT2D eigenvalue weighted by molar-refractivity contribution is -0.110. The fourth-order valence-electron chi connectivity index (χ4n) is 2.09. The number of aryl methyl sites for hydroxylation is 1. The maximum absolute atomic E-state index is 12.2. The Morgan fingerprint density at radius 1 is 1.26 bits per heavy atom. The molecule has 1 aromatic rings. The monoisotopic (exact) mass is 251 g/mol. The zero-order chi connectivity index (χ0) is 13.2. The number of anilines is 1. The van der Waals surface area contributed by atoms with Crippen molar-refractivity contribution in [3.63, 3.8) is 0 Å². The molecule has 1 heterocycles. The van der Waals surface area contributed by atoms with Crippen LogP contribution in [0.3, 0.4) is 0 Å². The van der Waals surface area contributed by atoms with E-state index in [2.05, 4.69) is 15.5 Å². The number of nitrogens with zero attached hydrogens (tertiary/aromatic N) is 2. The van der Waals surface area contributed by atoms with Crippen LogP contribution in [0.25, 0.3) is 0 Å². The summed E-state index contributed by atoms with van der Waals surface area (Å²) < 4.78 is 0. The molecule has 94 valence electrons. The summed E-state index contributed by atoms with van der Waals surface area (Å²) in [4.78, 5) is 12.2. The van der Waals surface area contributed by atoms with Gasteiger partial charge in [0.2, 0.25) is 0 Å². The number of hydrogen-bond donors (Lipinski definition) is 1. The average molecular weight is 251 g/mol. The predicted octanol–water partition coefficient (Wildman–Crippen LogP) is 2.63. The molecule has 2 aliphatic rings. The van der Waals surface area contributed by atoms with Crippen LogP contribution in [0.15, 0.2) is 58.3 Å². The highest BCUT2D eigenvalue weighted by molar-refractivity contribution is 6.56. The number of fused-ring (bicyclic) bond motifs is 1. The summed E-state index contributed by atoms with van der Waals surface area (Å²) >= 11 is 0. The smallest absolute Gasteiger partial charge is 0.276 e. The molecule has 0 saturated carbocycles. The Morgan fingerprint density at radius 2 is 2.11 bits per heavy atom. The van der Waals surface area contributed by atoms with Gasteiger partial charge in [-0.15, -0.1) is 5.10 Å². The molecular weight excluding hydrogens is 238 g/mol. The van der Waals surface area contributed by atoms with Gasteiger partial charge >= 0.3 is 0 Å². The lowest BCUT2D eigenvalue weighted by Crippen LogP contribution is -2.26. The van der Waals surface area contributed by atoms with E-state index in [0.29, 0.717) is 5.71 Å². The first-order valence-corrected chi connectivity index (χ1v) is 6.15. The first-order chi connectivity index (χ1) is 9.25. The normalized spacial score (nSPS) is 16.4. The Morgan fingerprint density at radius 3 is 2.95 bits per heavy atom. The molecule has 4 nitrogen and oxygen atoms in total. The summed E-state index contributed by atoms with van der Waals surface area (Å²) in [6.07, 6.45) is 6.54. The number of rotatable bonds is 2. The highest BCUT2D eigenvalue weighted by atomic mass is 16.2. The molecule has 1 amide bonds. The van der Waals surface area contributed by atoms with Crippen molar-refractivity contribution in [1.82, 2.24) is 0 Å². The number of carbonyl (C=O) groups excluding carboxylic acids is 1. The summed E-state index contributed by atoms with van der Waals surface area (Å²) in [5.74, 6) is -0.213. The number of carbonyl (C=O) groups is 1. The fourth-order valence-corrected chi connectivity index (χ4v) is 2.09. The van der Waals surface area contributed by atoms with Crippen molar-refractivity contribution in [2.24, 2.45) is 10.2 Å². The topological polar surface area (TPSA) is 53.8 Å². The quantitative estimate of drug-likeness (QED) is 0.863. The first-order valence-electron chi connectivity index (χ1n) is 6.15. The summed E-state index contributed by atoms with van der Waals surface area (Å²) in [6.45, 7) is 1.95. The Balaban J connectivity index is 1.81. The Bertz CT molecular complexity index is 666. The summed E-state index contributed by atoms with van der Waals surface area (Å²) in [5.41, 5.74) is 3.90. The van der Waals surface area contributed by atoms with Crippen molar-refractivity contribution in [3.05, 3.63) is 53.6 Å². The van der Waals surface area contributed by atoms with Crippen molar-refractivity contribution in [3.8, 4) is 0 Å². The largest absolute Gasteiger partial charge is 0.320 e. The molecule has 1 N–H and O–H groups in total. The predicted molar refractivity (Wildman–Crippen MR) is 76.5 cm³/mol. The molecular formula is C15H13N3O. The van der Waals surface area contributed by atoms with Crippen LogP contribution in [0, 0.1) is 6.92 Å². The molecule has 3 rings (SSSR count). The van der Waals surface area contributed by atoms with Crippen LogP contribution >= 0.6 is 0 Å². The molecule has 0 saturated heterocycles. The molecule has 1 aliphatic heterocycles. The third kappa shape index (κ3) is 2.12. The number of allylic oxidation sites excluding steroid dienone is 3. The van der Waals surface area contributed by atoms with E-state index in [4.69, 9.17) is 0 Å². The lowest BCUT2D eigenvalue weighted by Gasteiger charge is -2.10. The molecule has 4 heteroatoms. The van der Waals surface area contributed by atoms with Crippen LogP contribution in [0.5, 0.6) is 0 Å². The fraction of sp³-hybridized carbons (Fsp3) is 0.133. The average Bonchev–Trinajstić information content (AvgIpc) is 2.85. The highest BCUT2D eigenvalue weighted by Crippen LogP contribution is 2.20. The zero-order valence-corrected chi connectivity index (χ0v) is 10.6.